The molecule has 178 valence electrons. The van der Waals surface area contributed by atoms with E-state index < -0.39 is 6.10 Å². The molecule has 11 heteroatoms. The Kier molecular flexibility index (Phi) is 5.80. The van der Waals surface area contributed by atoms with Crippen molar-refractivity contribution in [2.45, 2.75) is 25.5 Å². The summed E-state index contributed by atoms with van der Waals surface area (Å²) in [4.78, 5) is 15.0. The smallest absolute Gasteiger partial charge is 0.253 e. The van der Waals surface area contributed by atoms with E-state index in [-0.39, 0.29) is 25.3 Å². The molecule has 11 nitrogen and oxygen atoms in total. The molecule has 2 aliphatic rings. The Morgan fingerprint density at radius 1 is 1.35 bits per heavy atom. The van der Waals surface area contributed by atoms with Crippen molar-refractivity contribution in [2.75, 3.05) is 34.0 Å². The molecule has 0 radical (unpaired) electrons. The van der Waals surface area contributed by atoms with Crippen LogP contribution in [0.4, 0.5) is 0 Å². The molecule has 0 bridgehead atoms. The second kappa shape index (κ2) is 8.92. The van der Waals surface area contributed by atoms with Crippen LogP contribution in [0, 0.1) is 0 Å². The summed E-state index contributed by atoms with van der Waals surface area (Å²) in [5.41, 5.74) is 2.91. The van der Waals surface area contributed by atoms with Crippen LogP contribution in [0.5, 0.6) is 17.2 Å². The van der Waals surface area contributed by atoms with Crippen LogP contribution in [0.1, 0.15) is 40.3 Å². The average molecular weight is 466 g/mol. The molecule has 2 N–H and O–H groups in total. The molecule has 0 aliphatic carbocycles. The van der Waals surface area contributed by atoms with Crippen LogP contribution < -0.4 is 19.5 Å². The van der Waals surface area contributed by atoms with Crippen molar-refractivity contribution in [3.8, 4) is 22.9 Å². The monoisotopic (exact) mass is 466 g/mol. The van der Waals surface area contributed by atoms with Crippen LogP contribution >= 0.6 is 0 Å². The Hall–Kier alpha value is -3.70. The summed E-state index contributed by atoms with van der Waals surface area (Å²) < 4.78 is 18.7. The number of rotatable bonds is 6. The maximum absolute atomic E-state index is 12.9. The van der Waals surface area contributed by atoms with Crippen molar-refractivity contribution in [3.63, 3.8) is 0 Å². The fourth-order valence-corrected chi connectivity index (χ4v) is 4.48. The zero-order chi connectivity index (χ0) is 23.8. The summed E-state index contributed by atoms with van der Waals surface area (Å²) >= 11 is 0. The van der Waals surface area contributed by atoms with E-state index >= 15 is 0 Å². The van der Waals surface area contributed by atoms with Gasteiger partial charge in [-0.05, 0) is 54.6 Å². The van der Waals surface area contributed by atoms with Crippen LogP contribution in [0.3, 0.4) is 0 Å². The number of para-hydroxylation sites is 1. The molecule has 0 saturated heterocycles. The van der Waals surface area contributed by atoms with Gasteiger partial charge >= 0.3 is 0 Å². The van der Waals surface area contributed by atoms with Gasteiger partial charge in [0.2, 0.25) is 12.5 Å². The highest BCUT2D eigenvalue weighted by atomic mass is 16.7. The summed E-state index contributed by atoms with van der Waals surface area (Å²) in [6, 6.07) is 8.73. The number of aliphatic hydroxyl groups excluding tert-OH is 1. The standard InChI is InChI=1S/C23H26N6O5/c1-13(30)11-24-23(31)15-6-4-5-7-16(15)29-22(25-26-27-29)19-18-14(8-9-28(19)2)10-17-20(21(18)32-3)34-12-33-17/h4-7,10,13,19,30H,8-9,11-12H2,1-3H3,(H,24,31)/t13-,19+/m0/s1. The highest BCUT2D eigenvalue weighted by molar-refractivity contribution is 5.97. The van der Waals surface area contributed by atoms with E-state index in [9.17, 15) is 9.90 Å². The number of tetrazole rings is 1. The Morgan fingerprint density at radius 3 is 2.97 bits per heavy atom. The second-order valence-corrected chi connectivity index (χ2v) is 8.37. The number of methoxy groups -OCH3 is 1. The molecule has 0 fully saturated rings. The van der Waals surface area contributed by atoms with Crippen molar-refractivity contribution in [1.82, 2.24) is 30.4 Å². The number of aromatic nitrogens is 4. The number of hydrogen-bond donors (Lipinski definition) is 2. The number of aliphatic hydroxyl groups is 1. The number of amides is 1. The quantitative estimate of drug-likeness (QED) is 0.549. The predicted molar refractivity (Wildman–Crippen MR) is 120 cm³/mol. The molecule has 1 amide bonds. The largest absolute Gasteiger partial charge is 0.492 e. The molecule has 0 unspecified atom stereocenters. The van der Waals surface area contributed by atoms with Crippen molar-refractivity contribution in [3.05, 3.63) is 52.8 Å². The van der Waals surface area contributed by atoms with Gasteiger partial charge in [0.05, 0.1) is 24.5 Å². The Balaban J connectivity index is 1.62. The lowest BCUT2D eigenvalue weighted by molar-refractivity contribution is 0.0923. The zero-order valence-corrected chi connectivity index (χ0v) is 19.2. The Labute approximate surface area is 196 Å². The van der Waals surface area contributed by atoms with Gasteiger partial charge in [0.25, 0.3) is 5.91 Å². The molecule has 1 aromatic heterocycles. The molecule has 34 heavy (non-hydrogen) atoms. The first kappa shape index (κ1) is 22.1. The fourth-order valence-electron chi connectivity index (χ4n) is 4.48. The third-order valence-corrected chi connectivity index (χ3v) is 6.07. The van der Waals surface area contributed by atoms with E-state index in [0.29, 0.717) is 34.3 Å². The van der Waals surface area contributed by atoms with Gasteiger partial charge in [0.1, 0.15) is 6.04 Å². The van der Waals surface area contributed by atoms with Gasteiger partial charge in [-0.3, -0.25) is 9.69 Å². The van der Waals surface area contributed by atoms with Crippen LogP contribution in [0.15, 0.2) is 30.3 Å². The minimum absolute atomic E-state index is 0.138. The van der Waals surface area contributed by atoms with Crippen molar-refractivity contribution >= 4 is 5.91 Å². The highest BCUT2D eigenvalue weighted by Gasteiger charge is 2.38. The molecule has 2 aromatic carbocycles. The first-order valence-corrected chi connectivity index (χ1v) is 11.0. The van der Waals surface area contributed by atoms with Crippen LogP contribution in [0.25, 0.3) is 5.69 Å². The van der Waals surface area contributed by atoms with E-state index in [1.54, 1.807) is 36.9 Å². The van der Waals surface area contributed by atoms with Crippen molar-refractivity contribution in [2.24, 2.45) is 0 Å². The molecule has 3 aromatic rings. The van der Waals surface area contributed by atoms with Crippen molar-refractivity contribution < 1.29 is 24.1 Å². The second-order valence-electron chi connectivity index (χ2n) is 8.37. The first-order valence-electron chi connectivity index (χ1n) is 11.0. The highest BCUT2D eigenvalue weighted by Crippen LogP contribution is 2.50. The Bertz CT molecular complexity index is 1230. The SMILES string of the molecule is COc1c2c(cc3c1[C@H](c1nnnn1-c1ccccc1C(=O)NC[C@H](C)O)N(C)CC3)OCO2. The molecule has 2 aliphatic heterocycles. The van der Waals surface area contributed by atoms with E-state index in [0.717, 1.165) is 24.1 Å². The van der Waals surface area contributed by atoms with Gasteiger partial charge in [0.15, 0.2) is 17.3 Å². The van der Waals surface area contributed by atoms with Gasteiger partial charge in [-0.2, -0.15) is 4.68 Å². The lowest BCUT2D eigenvalue weighted by Gasteiger charge is -2.34. The van der Waals surface area contributed by atoms with Crippen LogP contribution in [0.2, 0.25) is 0 Å². The molecular weight excluding hydrogens is 440 g/mol. The number of carbonyl (C=O) groups is 1. The maximum Gasteiger partial charge on any atom is 0.253 e. The maximum atomic E-state index is 12.9. The van der Waals surface area contributed by atoms with Gasteiger partial charge < -0.3 is 24.6 Å². The normalized spacial score (nSPS) is 17.8. The van der Waals surface area contributed by atoms with Crippen LogP contribution in [-0.4, -0.2) is 76.3 Å². The van der Waals surface area contributed by atoms with Gasteiger partial charge in [-0.15, -0.1) is 5.10 Å². The third-order valence-electron chi connectivity index (χ3n) is 6.07. The molecule has 0 spiro atoms. The molecule has 3 heterocycles. The summed E-state index contributed by atoms with van der Waals surface area (Å²) in [5, 5.41) is 24.9. The van der Waals surface area contributed by atoms with Gasteiger partial charge in [-0.25, -0.2) is 0 Å². The average Bonchev–Trinajstić information content (AvgIpc) is 3.50. The van der Waals surface area contributed by atoms with E-state index in [4.69, 9.17) is 14.2 Å². The third kappa shape index (κ3) is 3.72. The minimum atomic E-state index is -0.660. The number of likely N-dealkylation sites (N-methyl/N-ethyl adjacent to an activating group) is 1. The lowest BCUT2D eigenvalue weighted by atomic mass is 9.90. The molecule has 2 atom stereocenters. The summed E-state index contributed by atoms with van der Waals surface area (Å²) in [6.07, 6.45) is 0.141. The summed E-state index contributed by atoms with van der Waals surface area (Å²) in [7, 11) is 3.60. The number of benzene rings is 2. The van der Waals surface area contributed by atoms with E-state index in [2.05, 4.69) is 25.7 Å². The topological polar surface area (TPSA) is 124 Å². The number of ether oxygens (including phenoxy) is 3. The number of nitrogens with one attached hydrogen (secondary N) is 1. The molecule has 5 rings (SSSR count). The molecule has 0 saturated carbocycles. The predicted octanol–water partition coefficient (Wildman–Crippen LogP) is 1.09. The van der Waals surface area contributed by atoms with E-state index in [1.165, 1.54) is 0 Å². The Morgan fingerprint density at radius 2 is 2.18 bits per heavy atom. The fraction of sp³-hybridized carbons (Fsp3) is 0.391. The summed E-state index contributed by atoms with van der Waals surface area (Å²) in [5.74, 6) is 2.05. The zero-order valence-electron chi connectivity index (χ0n) is 19.2. The van der Waals surface area contributed by atoms with Gasteiger partial charge in [-0.1, -0.05) is 12.1 Å². The van der Waals surface area contributed by atoms with Gasteiger partial charge in [0, 0.05) is 18.7 Å². The van der Waals surface area contributed by atoms with E-state index in [1.807, 2.05) is 19.2 Å². The lowest BCUT2D eigenvalue weighted by Crippen LogP contribution is -2.35. The minimum Gasteiger partial charge on any atom is -0.492 e. The number of hydrogen-bond acceptors (Lipinski definition) is 9. The number of nitrogens with zero attached hydrogens (tertiary/aromatic N) is 5. The van der Waals surface area contributed by atoms with Crippen molar-refractivity contribution in [1.29, 1.82) is 0 Å². The first-order chi connectivity index (χ1) is 16.5. The van der Waals surface area contributed by atoms with Crippen LogP contribution in [-0.2, 0) is 6.42 Å². The summed E-state index contributed by atoms with van der Waals surface area (Å²) in [6.45, 7) is 2.66. The molecular formula is C23H26N6O5. The number of fused-ring (bicyclic) bond motifs is 2. The number of carbonyl (C=O) groups excluding carboxylic acids is 1.